The van der Waals surface area contributed by atoms with Crippen molar-refractivity contribution < 1.29 is 14.4 Å². The molecule has 6 heteroatoms. The molecule has 2 aromatic rings. The molecule has 0 radical (unpaired) electrons. The van der Waals surface area contributed by atoms with Gasteiger partial charge in [0, 0.05) is 12.1 Å². The van der Waals surface area contributed by atoms with Gasteiger partial charge in [0.1, 0.15) is 12.4 Å². The first-order chi connectivity index (χ1) is 7.61. The van der Waals surface area contributed by atoms with Gasteiger partial charge in [-0.25, -0.2) is 4.79 Å². The number of aliphatic hydroxyl groups is 1. The minimum absolute atomic E-state index is 0.131. The van der Waals surface area contributed by atoms with Crippen LogP contribution in [0.25, 0.3) is 10.8 Å². The zero-order valence-corrected chi connectivity index (χ0v) is 8.04. The summed E-state index contributed by atoms with van der Waals surface area (Å²) in [5.41, 5.74) is -0.859. The maximum Gasteiger partial charge on any atom is 0.344 e. The molecule has 1 aromatic heterocycles. The summed E-state index contributed by atoms with van der Waals surface area (Å²) in [7, 11) is 0. The first kappa shape index (κ1) is 10.3. The first-order valence-electron chi connectivity index (χ1n) is 4.44. The highest BCUT2D eigenvalue weighted by molar-refractivity contribution is 5.83. The predicted molar refractivity (Wildman–Crippen MR) is 55.1 cm³/mol. The highest BCUT2D eigenvalue weighted by Gasteiger charge is 2.10. The fourth-order valence-electron chi connectivity index (χ4n) is 1.42. The zero-order chi connectivity index (χ0) is 11.7. The number of hydrogen-bond donors (Lipinski definition) is 1. The van der Waals surface area contributed by atoms with Gasteiger partial charge in [0.25, 0.3) is 5.69 Å². The van der Waals surface area contributed by atoms with Gasteiger partial charge in [-0.3, -0.25) is 10.1 Å². The first-order valence-corrected chi connectivity index (χ1v) is 4.44. The van der Waals surface area contributed by atoms with Gasteiger partial charge in [0.05, 0.1) is 10.3 Å². The molecule has 6 nitrogen and oxygen atoms in total. The number of fused-ring (bicyclic) bond motifs is 1. The Balaban J connectivity index is 2.75. The number of hydrogen-bond acceptors (Lipinski definition) is 5. The number of nitro benzene ring substituents is 1. The minimum atomic E-state index is -0.690. The summed E-state index contributed by atoms with van der Waals surface area (Å²) in [6, 6.07) is 5.37. The van der Waals surface area contributed by atoms with E-state index in [9.17, 15) is 14.9 Å². The molecule has 0 aliphatic carbocycles. The molecule has 82 valence electrons. The van der Waals surface area contributed by atoms with Gasteiger partial charge in [0.15, 0.2) is 0 Å². The van der Waals surface area contributed by atoms with Crippen LogP contribution in [0.15, 0.2) is 33.5 Å². The molecule has 16 heavy (non-hydrogen) atoms. The SMILES string of the molecule is O=c1oc(CO)cc2ccc([N+](=O)[O-])cc12. The molecule has 0 unspecified atom stereocenters. The van der Waals surface area contributed by atoms with Gasteiger partial charge in [-0.1, -0.05) is 0 Å². The van der Waals surface area contributed by atoms with E-state index in [0.29, 0.717) is 5.39 Å². The summed E-state index contributed by atoms with van der Waals surface area (Å²) in [4.78, 5) is 21.4. The second-order valence-corrected chi connectivity index (χ2v) is 3.19. The average Bonchev–Trinajstić information content (AvgIpc) is 2.28. The van der Waals surface area contributed by atoms with Crippen LogP contribution < -0.4 is 5.63 Å². The van der Waals surface area contributed by atoms with E-state index in [1.165, 1.54) is 18.2 Å². The molecular formula is C10H7NO5. The Morgan fingerprint density at radius 3 is 2.75 bits per heavy atom. The molecule has 0 aliphatic rings. The van der Waals surface area contributed by atoms with Crippen LogP contribution in [0, 0.1) is 10.1 Å². The van der Waals surface area contributed by atoms with Crippen LogP contribution in [0.4, 0.5) is 5.69 Å². The van der Waals surface area contributed by atoms with Crippen molar-refractivity contribution in [3.8, 4) is 0 Å². The van der Waals surface area contributed by atoms with Crippen LogP contribution in [0.5, 0.6) is 0 Å². The van der Waals surface area contributed by atoms with Crippen LogP contribution in [-0.4, -0.2) is 10.0 Å². The van der Waals surface area contributed by atoms with Crippen LogP contribution in [0.1, 0.15) is 5.76 Å². The van der Waals surface area contributed by atoms with Crippen LogP contribution in [0.3, 0.4) is 0 Å². The fraction of sp³-hybridized carbons (Fsp3) is 0.100. The summed E-state index contributed by atoms with van der Waals surface area (Å²) in [5.74, 6) is 0.131. The van der Waals surface area contributed by atoms with E-state index in [1.54, 1.807) is 0 Å². The van der Waals surface area contributed by atoms with Crippen LogP contribution >= 0.6 is 0 Å². The van der Waals surface area contributed by atoms with E-state index >= 15 is 0 Å². The van der Waals surface area contributed by atoms with Crippen molar-refractivity contribution in [1.82, 2.24) is 0 Å². The molecule has 0 amide bonds. The Bertz CT molecular complexity index is 616. The van der Waals surface area contributed by atoms with Crippen molar-refractivity contribution in [2.24, 2.45) is 0 Å². The normalized spacial score (nSPS) is 10.6. The van der Waals surface area contributed by atoms with E-state index in [4.69, 9.17) is 9.52 Å². The van der Waals surface area contributed by atoms with Gasteiger partial charge in [-0.15, -0.1) is 0 Å². The molecule has 0 spiro atoms. The van der Waals surface area contributed by atoms with E-state index < -0.39 is 10.5 Å². The van der Waals surface area contributed by atoms with Gasteiger partial charge in [-0.05, 0) is 17.5 Å². The fourth-order valence-corrected chi connectivity index (χ4v) is 1.42. The number of benzene rings is 1. The molecule has 0 atom stereocenters. The molecular weight excluding hydrogens is 214 g/mol. The third-order valence-corrected chi connectivity index (χ3v) is 2.16. The lowest BCUT2D eigenvalue weighted by Crippen LogP contribution is -2.02. The van der Waals surface area contributed by atoms with E-state index in [2.05, 4.69) is 0 Å². The average molecular weight is 221 g/mol. The Morgan fingerprint density at radius 2 is 2.12 bits per heavy atom. The Labute approximate surface area is 88.9 Å². The molecule has 0 bridgehead atoms. The molecule has 0 fully saturated rings. The molecule has 1 heterocycles. The van der Waals surface area contributed by atoms with Crippen molar-refractivity contribution in [3.05, 3.63) is 50.6 Å². The molecule has 1 N–H and O–H groups in total. The van der Waals surface area contributed by atoms with Gasteiger partial charge < -0.3 is 9.52 Å². The number of nitro groups is 1. The summed E-state index contributed by atoms with van der Waals surface area (Å²) < 4.78 is 4.75. The minimum Gasteiger partial charge on any atom is -0.425 e. The summed E-state index contributed by atoms with van der Waals surface area (Å²) in [6.07, 6.45) is 0. The Kier molecular flexibility index (Phi) is 2.41. The molecule has 0 aliphatic heterocycles. The summed E-state index contributed by atoms with van der Waals surface area (Å²) >= 11 is 0. The summed E-state index contributed by atoms with van der Waals surface area (Å²) in [6.45, 7) is -0.387. The van der Waals surface area contributed by atoms with Crippen molar-refractivity contribution in [1.29, 1.82) is 0 Å². The quantitative estimate of drug-likeness (QED) is 0.607. The highest BCUT2D eigenvalue weighted by Crippen LogP contribution is 2.19. The van der Waals surface area contributed by atoms with Crippen LogP contribution in [0.2, 0.25) is 0 Å². The topological polar surface area (TPSA) is 93.6 Å². The third kappa shape index (κ3) is 1.66. The van der Waals surface area contributed by atoms with Crippen molar-refractivity contribution in [2.75, 3.05) is 0 Å². The molecule has 0 saturated carbocycles. The Morgan fingerprint density at radius 1 is 1.38 bits per heavy atom. The van der Waals surface area contributed by atoms with E-state index in [0.717, 1.165) is 6.07 Å². The Hall–Kier alpha value is -2.21. The standard InChI is InChI=1S/C10H7NO5/c12-5-8-3-6-1-2-7(11(14)15)4-9(6)10(13)16-8/h1-4,12H,5H2. The van der Waals surface area contributed by atoms with E-state index in [-0.39, 0.29) is 23.4 Å². The van der Waals surface area contributed by atoms with Gasteiger partial charge >= 0.3 is 5.63 Å². The largest absolute Gasteiger partial charge is 0.425 e. The molecule has 1 aromatic carbocycles. The predicted octanol–water partition coefficient (Wildman–Crippen LogP) is 1.19. The van der Waals surface area contributed by atoms with Crippen molar-refractivity contribution in [3.63, 3.8) is 0 Å². The lowest BCUT2D eigenvalue weighted by molar-refractivity contribution is -0.384. The van der Waals surface area contributed by atoms with Gasteiger partial charge in [0.2, 0.25) is 0 Å². The second kappa shape index (κ2) is 3.74. The lowest BCUT2D eigenvalue weighted by atomic mass is 10.1. The molecule has 0 saturated heterocycles. The van der Waals surface area contributed by atoms with Crippen molar-refractivity contribution in [2.45, 2.75) is 6.61 Å². The number of aliphatic hydroxyl groups excluding tert-OH is 1. The zero-order valence-electron chi connectivity index (χ0n) is 8.04. The smallest absolute Gasteiger partial charge is 0.344 e. The third-order valence-electron chi connectivity index (χ3n) is 2.16. The maximum atomic E-state index is 11.4. The lowest BCUT2D eigenvalue weighted by Gasteiger charge is -1.99. The maximum absolute atomic E-state index is 11.4. The monoisotopic (exact) mass is 221 g/mol. The number of rotatable bonds is 2. The second-order valence-electron chi connectivity index (χ2n) is 3.19. The number of nitrogens with zero attached hydrogens (tertiary/aromatic N) is 1. The number of non-ortho nitro benzene ring substituents is 1. The van der Waals surface area contributed by atoms with E-state index in [1.807, 2.05) is 0 Å². The van der Waals surface area contributed by atoms with Crippen LogP contribution in [-0.2, 0) is 6.61 Å². The van der Waals surface area contributed by atoms with Gasteiger partial charge in [-0.2, -0.15) is 0 Å². The summed E-state index contributed by atoms with van der Waals surface area (Å²) in [5, 5.41) is 20.0. The highest BCUT2D eigenvalue weighted by atomic mass is 16.6. The molecule has 2 rings (SSSR count). The van der Waals surface area contributed by atoms with Crippen molar-refractivity contribution >= 4 is 16.5 Å².